The van der Waals surface area contributed by atoms with Crippen molar-refractivity contribution in [2.75, 3.05) is 25.1 Å². The lowest BCUT2D eigenvalue weighted by molar-refractivity contribution is -0.143. The fraction of sp³-hybridized carbons (Fsp3) is 0.533. The maximum atomic E-state index is 13.3. The molecule has 49 heavy (non-hydrogen) atoms. The number of aliphatic carboxylic acids is 1. The second kappa shape index (κ2) is 19.8. The SMILES string of the molecule is CSCC[C@H](N)C(=O)N[C@@H](CCC(N)=O)C(=O)NCC(=O)N1CCC[C@H]1C(=O)N[C@@H](CC(N)=O)C(=O)N[C@@H](Cc1ccc(O)cc1)C(=O)O. The van der Waals surface area contributed by atoms with Crippen molar-refractivity contribution in [3.05, 3.63) is 29.8 Å². The molecule has 0 aromatic heterocycles. The molecule has 1 saturated heterocycles. The van der Waals surface area contributed by atoms with Crippen LogP contribution in [0.5, 0.6) is 5.75 Å². The van der Waals surface area contributed by atoms with Crippen LogP contribution < -0.4 is 38.5 Å². The van der Waals surface area contributed by atoms with Crippen molar-refractivity contribution in [1.82, 2.24) is 26.2 Å². The molecule has 1 aliphatic rings. The largest absolute Gasteiger partial charge is 0.508 e. The maximum absolute atomic E-state index is 13.3. The third kappa shape index (κ3) is 13.6. The zero-order chi connectivity index (χ0) is 36.7. The number of nitrogens with two attached hydrogens (primary N) is 3. The highest BCUT2D eigenvalue weighted by atomic mass is 32.2. The normalized spacial score (nSPS) is 16.4. The van der Waals surface area contributed by atoms with Crippen LogP contribution in [0.1, 0.15) is 44.1 Å². The highest BCUT2D eigenvalue weighted by Crippen LogP contribution is 2.18. The van der Waals surface area contributed by atoms with Gasteiger partial charge < -0.3 is 53.6 Å². The number of phenols is 1. The van der Waals surface area contributed by atoms with Crippen molar-refractivity contribution in [3.63, 3.8) is 0 Å². The summed E-state index contributed by atoms with van der Waals surface area (Å²) >= 11 is 1.48. The van der Waals surface area contributed by atoms with Gasteiger partial charge in [0.15, 0.2) is 0 Å². The number of likely N-dealkylation sites (tertiary alicyclic amines) is 1. The number of hydrogen-bond acceptors (Lipinski definition) is 11. The number of carbonyl (C=O) groups is 8. The standard InChI is InChI=1S/C30H44N8O10S/c1-49-12-10-18(31)26(43)35-19(8-9-23(32)40)27(44)34-15-25(42)38-11-2-3-22(38)29(46)36-20(14-24(33)41)28(45)37-21(30(47)48)13-16-4-6-17(39)7-5-16/h4-7,18-22,39H,2-3,8-15,31H2,1H3,(H2,32,40)(H2,33,41)(H,34,44)(H,35,43)(H,36,46)(H,37,45)(H,47,48)/t18-,19-,20-,21-,22-/m0/s1. The summed E-state index contributed by atoms with van der Waals surface area (Å²) in [6.07, 6.45) is 1.54. The van der Waals surface area contributed by atoms with Gasteiger partial charge in [0.1, 0.15) is 29.9 Å². The minimum absolute atomic E-state index is 0.0404. The molecule has 270 valence electrons. The Balaban J connectivity index is 2.07. The number of benzene rings is 1. The van der Waals surface area contributed by atoms with E-state index in [0.29, 0.717) is 24.2 Å². The van der Waals surface area contributed by atoms with Gasteiger partial charge in [-0.1, -0.05) is 12.1 Å². The number of thioether (sulfide) groups is 1. The number of nitrogens with one attached hydrogen (secondary N) is 4. The Morgan fingerprint density at radius 3 is 2.14 bits per heavy atom. The molecule has 2 rings (SSSR count). The summed E-state index contributed by atoms with van der Waals surface area (Å²) in [5.41, 5.74) is 16.8. The molecular formula is C30H44N8O10S. The van der Waals surface area contributed by atoms with Crippen molar-refractivity contribution in [2.45, 2.75) is 75.2 Å². The van der Waals surface area contributed by atoms with E-state index in [1.807, 2.05) is 6.26 Å². The molecule has 1 heterocycles. The Bertz CT molecular complexity index is 1380. The average molecular weight is 709 g/mol. The van der Waals surface area contributed by atoms with Crippen molar-refractivity contribution < 1.29 is 48.6 Å². The van der Waals surface area contributed by atoms with Crippen molar-refractivity contribution in [3.8, 4) is 5.75 Å². The quantitative estimate of drug-likeness (QED) is 0.0647. The highest BCUT2D eigenvalue weighted by Gasteiger charge is 2.37. The monoisotopic (exact) mass is 708 g/mol. The number of nitrogens with zero attached hydrogens (tertiary/aromatic N) is 1. The fourth-order valence-electron chi connectivity index (χ4n) is 4.95. The van der Waals surface area contributed by atoms with Gasteiger partial charge >= 0.3 is 5.97 Å². The zero-order valence-corrected chi connectivity index (χ0v) is 27.8. The summed E-state index contributed by atoms with van der Waals surface area (Å²) in [6.45, 7) is -0.452. The number of primary amides is 2. The first kappa shape index (κ1) is 40.3. The van der Waals surface area contributed by atoms with Crippen LogP contribution in [0.2, 0.25) is 0 Å². The van der Waals surface area contributed by atoms with E-state index >= 15 is 0 Å². The van der Waals surface area contributed by atoms with Crippen LogP contribution in [0.4, 0.5) is 0 Å². The molecule has 0 bridgehead atoms. The molecule has 1 aromatic rings. The first-order chi connectivity index (χ1) is 23.1. The number of rotatable bonds is 20. The summed E-state index contributed by atoms with van der Waals surface area (Å²) in [5, 5.41) is 28.7. The Morgan fingerprint density at radius 1 is 0.898 bits per heavy atom. The van der Waals surface area contributed by atoms with Crippen molar-refractivity contribution in [1.29, 1.82) is 0 Å². The van der Waals surface area contributed by atoms with Gasteiger partial charge in [0.25, 0.3) is 0 Å². The number of carboxylic acid groups (broad SMARTS) is 1. The van der Waals surface area contributed by atoms with E-state index in [9.17, 15) is 48.6 Å². The first-order valence-corrected chi connectivity index (χ1v) is 16.8. The molecule has 0 unspecified atom stereocenters. The van der Waals surface area contributed by atoms with E-state index in [-0.39, 0.29) is 38.0 Å². The van der Waals surface area contributed by atoms with Gasteiger partial charge in [-0.2, -0.15) is 11.8 Å². The van der Waals surface area contributed by atoms with Gasteiger partial charge in [0.2, 0.25) is 41.4 Å². The third-order valence-corrected chi connectivity index (χ3v) is 8.24. The molecule has 1 aromatic carbocycles. The predicted molar refractivity (Wildman–Crippen MR) is 176 cm³/mol. The minimum atomic E-state index is -1.57. The fourth-order valence-corrected chi connectivity index (χ4v) is 5.44. The maximum Gasteiger partial charge on any atom is 0.326 e. The Hall–Kier alpha value is -4.91. The second-order valence-corrected chi connectivity index (χ2v) is 12.4. The van der Waals surface area contributed by atoms with Crippen LogP contribution in [0.25, 0.3) is 0 Å². The van der Waals surface area contributed by atoms with Gasteiger partial charge in [-0.15, -0.1) is 0 Å². The van der Waals surface area contributed by atoms with Crippen LogP contribution in [0.3, 0.4) is 0 Å². The summed E-state index contributed by atoms with van der Waals surface area (Å²) in [4.78, 5) is 101. The second-order valence-electron chi connectivity index (χ2n) is 11.4. The molecule has 12 N–H and O–H groups in total. The van der Waals surface area contributed by atoms with Gasteiger partial charge in [0.05, 0.1) is 19.0 Å². The smallest absolute Gasteiger partial charge is 0.326 e. The number of amides is 7. The van der Waals surface area contributed by atoms with E-state index in [4.69, 9.17) is 17.2 Å². The summed E-state index contributed by atoms with van der Waals surface area (Å²) in [6, 6.07) is -0.627. The molecule has 7 amide bonds. The molecule has 1 fully saturated rings. The Labute approximate surface area is 286 Å². The minimum Gasteiger partial charge on any atom is -0.508 e. The highest BCUT2D eigenvalue weighted by molar-refractivity contribution is 7.98. The molecule has 1 aliphatic heterocycles. The molecule has 0 radical (unpaired) electrons. The van der Waals surface area contributed by atoms with E-state index in [1.54, 1.807) is 0 Å². The number of carbonyl (C=O) groups excluding carboxylic acids is 7. The Morgan fingerprint density at radius 2 is 1.55 bits per heavy atom. The lowest BCUT2D eigenvalue weighted by Gasteiger charge is -2.27. The van der Waals surface area contributed by atoms with E-state index < -0.39 is 90.5 Å². The molecule has 0 spiro atoms. The molecule has 18 nitrogen and oxygen atoms in total. The summed E-state index contributed by atoms with van der Waals surface area (Å²) in [5.74, 6) is -6.38. The lowest BCUT2D eigenvalue weighted by atomic mass is 10.0. The molecular weight excluding hydrogens is 664 g/mol. The first-order valence-electron chi connectivity index (χ1n) is 15.4. The molecule has 0 aliphatic carbocycles. The van der Waals surface area contributed by atoms with Crippen LogP contribution in [-0.4, -0.2) is 118 Å². The number of aromatic hydroxyl groups is 1. The number of hydrogen-bond donors (Lipinski definition) is 9. The van der Waals surface area contributed by atoms with Crippen molar-refractivity contribution in [2.24, 2.45) is 17.2 Å². The van der Waals surface area contributed by atoms with Gasteiger partial charge in [-0.25, -0.2) is 4.79 Å². The summed E-state index contributed by atoms with van der Waals surface area (Å²) in [7, 11) is 0. The number of phenolic OH excluding ortho intramolecular Hbond substituents is 1. The van der Waals surface area contributed by atoms with Gasteiger partial charge in [-0.05, 0) is 55.4 Å². The van der Waals surface area contributed by atoms with Crippen LogP contribution in [0, 0.1) is 0 Å². The molecule has 19 heteroatoms. The average Bonchev–Trinajstić information content (AvgIpc) is 3.54. The summed E-state index contributed by atoms with van der Waals surface area (Å²) < 4.78 is 0. The zero-order valence-electron chi connectivity index (χ0n) is 27.0. The van der Waals surface area contributed by atoms with Crippen LogP contribution >= 0.6 is 11.8 Å². The van der Waals surface area contributed by atoms with E-state index in [0.717, 1.165) is 0 Å². The van der Waals surface area contributed by atoms with Gasteiger partial charge in [-0.3, -0.25) is 33.6 Å². The van der Waals surface area contributed by atoms with Crippen molar-refractivity contribution >= 4 is 59.1 Å². The lowest BCUT2D eigenvalue weighted by Crippen LogP contribution is -2.57. The van der Waals surface area contributed by atoms with Crippen LogP contribution in [-0.2, 0) is 44.8 Å². The van der Waals surface area contributed by atoms with E-state index in [1.165, 1.54) is 40.9 Å². The van der Waals surface area contributed by atoms with Gasteiger partial charge in [0, 0.05) is 19.4 Å². The van der Waals surface area contributed by atoms with Crippen LogP contribution in [0.15, 0.2) is 24.3 Å². The molecule has 5 atom stereocenters. The Kier molecular flexibility index (Phi) is 16.3. The number of carboxylic acids is 1. The molecule has 0 saturated carbocycles. The van der Waals surface area contributed by atoms with E-state index in [2.05, 4.69) is 21.3 Å². The predicted octanol–water partition coefficient (Wildman–Crippen LogP) is -3.20. The topological polar surface area (TPSA) is 306 Å². The third-order valence-electron chi connectivity index (χ3n) is 7.60.